The number of hydrogen-bond donors (Lipinski definition) is 2. The lowest BCUT2D eigenvalue weighted by molar-refractivity contribution is -0.137. The van der Waals surface area contributed by atoms with Crippen molar-refractivity contribution >= 4 is 38.9 Å². The highest BCUT2D eigenvalue weighted by molar-refractivity contribution is 7.89. The summed E-state index contributed by atoms with van der Waals surface area (Å²) in [6.45, 7) is -0.263. The topological polar surface area (TPSA) is 91.4 Å². The summed E-state index contributed by atoms with van der Waals surface area (Å²) in [6.07, 6.45) is -4.72. The van der Waals surface area contributed by atoms with Gasteiger partial charge in [-0.1, -0.05) is 11.6 Å². The fourth-order valence-electron chi connectivity index (χ4n) is 3.46. The van der Waals surface area contributed by atoms with Crippen LogP contribution >= 0.6 is 11.6 Å². The van der Waals surface area contributed by atoms with Crippen LogP contribution < -0.4 is 14.9 Å². The van der Waals surface area contributed by atoms with Gasteiger partial charge in [-0.05, 0) is 31.7 Å². The van der Waals surface area contributed by atoms with E-state index in [1.165, 1.54) is 18.0 Å². The minimum atomic E-state index is -4.84. The van der Waals surface area contributed by atoms with E-state index in [0.717, 1.165) is 18.3 Å². The van der Waals surface area contributed by atoms with Gasteiger partial charge in [-0.15, -0.1) is 0 Å². The lowest BCUT2D eigenvalue weighted by atomic mass is 10.1. The fraction of sp³-hybridized carbons (Fsp3) is 0.400. The first-order valence-electron chi connectivity index (χ1n) is 9.98. The second-order valence-electron chi connectivity index (χ2n) is 7.59. The highest BCUT2D eigenvalue weighted by Gasteiger charge is 2.37. The SMILES string of the molecule is CNS(=O)(=O)c1cc(NC(=O)c2cc(Cl)c(C(F)(F)F)cc2N2CCCC(F)(F)CC2)ccn1. The highest BCUT2D eigenvalue weighted by Crippen LogP contribution is 2.40. The molecule has 186 valence electrons. The third kappa shape index (κ3) is 5.94. The van der Waals surface area contributed by atoms with Crippen molar-refractivity contribution in [2.45, 2.75) is 36.4 Å². The largest absolute Gasteiger partial charge is 0.417 e. The van der Waals surface area contributed by atoms with E-state index in [1.807, 2.05) is 0 Å². The molecule has 1 fully saturated rings. The molecule has 0 aliphatic carbocycles. The standard InChI is InChI=1S/C20H20ClF5N4O3S/c1-27-34(32,33)17-9-12(3-6-28-17)29-18(31)13-10-15(21)14(20(24,25)26)11-16(13)30-7-2-4-19(22,23)5-8-30/h3,6,9-11,27H,2,4-5,7-8H2,1H3,(H,28,29,31). The number of carbonyl (C=O) groups is 1. The first kappa shape index (κ1) is 26.1. The van der Waals surface area contributed by atoms with E-state index >= 15 is 0 Å². The second kappa shape index (κ2) is 9.62. The predicted octanol–water partition coefficient (Wildman–Crippen LogP) is 4.54. The number of hydrogen-bond acceptors (Lipinski definition) is 5. The number of amides is 1. The monoisotopic (exact) mass is 526 g/mol. The Bertz CT molecular complexity index is 1190. The van der Waals surface area contributed by atoms with Crippen LogP contribution in [0.2, 0.25) is 5.02 Å². The molecule has 2 heterocycles. The van der Waals surface area contributed by atoms with Crippen LogP contribution in [0.25, 0.3) is 0 Å². The first-order chi connectivity index (χ1) is 15.7. The number of alkyl halides is 5. The number of anilines is 2. The molecule has 3 rings (SSSR count). The van der Waals surface area contributed by atoms with E-state index < -0.39 is 56.5 Å². The number of aromatic nitrogens is 1. The summed E-state index contributed by atoms with van der Waals surface area (Å²) in [6, 6.07) is 3.83. The maximum absolute atomic E-state index is 13.8. The van der Waals surface area contributed by atoms with E-state index in [1.54, 1.807) is 0 Å². The van der Waals surface area contributed by atoms with Crippen LogP contribution in [0.1, 0.15) is 35.2 Å². The lowest BCUT2D eigenvalue weighted by Crippen LogP contribution is -2.29. The quantitative estimate of drug-likeness (QED) is 0.558. The smallest absolute Gasteiger partial charge is 0.371 e. The van der Waals surface area contributed by atoms with Gasteiger partial charge in [0.15, 0.2) is 5.03 Å². The Morgan fingerprint density at radius 1 is 1.18 bits per heavy atom. The van der Waals surface area contributed by atoms with Crippen LogP contribution in [-0.4, -0.2) is 45.4 Å². The van der Waals surface area contributed by atoms with Crippen LogP contribution in [0.5, 0.6) is 0 Å². The van der Waals surface area contributed by atoms with Crippen molar-refractivity contribution in [2.24, 2.45) is 0 Å². The minimum absolute atomic E-state index is 0.00167. The van der Waals surface area contributed by atoms with E-state index in [4.69, 9.17) is 11.6 Å². The van der Waals surface area contributed by atoms with E-state index in [9.17, 15) is 35.2 Å². The maximum Gasteiger partial charge on any atom is 0.417 e. The van der Waals surface area contributed by atoms with Crippen molar-refractivity contribution in [1.82, 2.24) is 9.71 Å². The number of benzene rings is 1. The van der Waals surface area contributed by atoms with Gasteiger partial charge in [-0.2, -0.15) is 13.2 Å². The Hall–Kier alpha value is -2.51. The van der Waals surface area contributed by atoms with Gasteiger partial charge in [0.2, 0.25) is 5.92 Å². The second-order valence-corrected chi connectivity index (χ2v) is 9.83. The van der Waals surface area contributed by atoms with Gasteiger partial charge in [0.1, 0.15) is 0 Å². The number of rotatable bonds is 5. The van der Waals surface area contributed by atoms with Crippen LogP contribution in [0.4, 0.5) is 33.3 Å². The summed E-state index contributed by atoms with van der Waals surface area (Å²) in [5.41, 5.74) is -1.69. The van der Waals surface area contributed by atoms with Gasteiger partial charge < -0.3 is 10.2 Å². The number of nitrogens with zero attached hydrogens (tertiary/aromatic N) is 2. The van der Waals surface area contributed by atoms with E-state index in [0.29, 0.717) is 6.07 Å². The van der Waals surface area contributed by atoms with Crippen molar-refractivity contribution in [2.75, 3.05) is 30.4 Å². The molecule has 0 radical (unpaired) electrons. The lowest BCUT2D eigenvalue weighted by Gasteiger charge is -2.27. The molecule has 0 saturated carbocycles. The van der Waals surface area contributed by atoms with Crippen molar-refractivity contribution < 1.29 is 35.2 Å². The molecule has 2 aromatic rings. The van der Waals surface area contributed by atoms with Crippen LogP contribution in [-0.2, 0) is 16.2 Å². The molecule has 0 bridgehead atoms. The minimum Gasteiger partial charge on any atom is -0.371 e. The molecular weight excluding hydrogens is 507 g/mol. The Labute approximate surface area is 197 Å². The number of halogens is 6. The summed E-state index contributed by atoms with van der Waals surface area (Å²) in [4.78, 5) is 18.0. The normalized spacial score (nSPS) is 16.7. The number of sulfonamides is 1. The fourth-order valence-corrected chi connectivity index (χ4v) is 4.43. The van der Waals surface area contributed by atoms with Crippen molar-refractivity contribution in [3.63, 3.8) is 0 Å². The number of pyridine rings is 1. The number of nitrogens with one attached hydrogen (secondary N) is 2. The Balaban J connectivity index is 2.02. The molecule has 1 aromatic carbocycles. The molecule has 1 saturated heterocycles. The molecule has 0 spiro atoms. The van der Waals surface area contributed by atoms with Gasteiger partial charge in [-0.3, -0.25) is 4.79 Å². The van der Waals surface area contributed by atoms with Gasteiger partial charge in [0.25, 0.3) is 15.9 Å². The Morgan fingerprint density at radius 3 is 2.53 bits per heavy atom. The molecular formula is C20H20ClF5N4O3S. The summed E-state index contributed by atoms with van der Waals surface area (Å²) in [7, 11) is -2.76. The van der Waals surface area contributed by atoms with Gasteiger partial charge in [0, 0.05) is 43.9 Å². The number of carbonyl (C=O) groups excluding carboxylic acids is 1. The van der Waals surface area contributed by atoms with E-state index in [2.05, 4.69) is 15.0 Å². The van der Waals surface area contributed by atoms with Crippen LogP contribution in [0, 0.1) is 0 Å². The molecule has 14 heteroatoms. The average Bonchev–Trinajstić information content (AvgIpc) is 2.93. The molecule has 1 amide bonds. The van der Waals surface area contributed by atoms with Crippen LogP contribution in [0.3, 0.4) is 0 Å². The molecule has 1 aliphatic heterocycles. The average molecular weight is 527 g/mol. The van der Waals surface area contributed by atoms with Gasteiger partial charge in [-0.25, -0.2) is 26.9 Å². The van der Waals surface area contributed by atoms with Gasteiger partial charge >= 0.3 is 6.18 Å². The molecule has 34 heavy (non-hydrogen) atoms. The summed E-state index contributed by atoms with van der Waals surface area (Å²) >= 11 is 5.82. The van der Waals surface area contributed by atoms with Crippen LogP contribution in [0.15, 0.2) is 35.5 Å². The molecule has 2 N–H and O–H groups in total. The third-order valence-electron chi connectivity index (χ3n) is 5.23. The summed E-state index contributed by atoms with van der Waals surface area (Å²) in [5, 5.41) is 1.27. The van der Waals surface area contributed by atoms with Gasteiger partial charge in [0.05, 0.1) is 21.8 Å². The molecule has 0 atom stereocenters. The molecule has 0 unspecified atom stereocenters. The zero-order valence-electron chi connectivity index (χ0n) is 17.7. The molecule has 7 nitrogen and oxygen atoms in total. The highest BCUT2D eigenvalue weighted by atomic mass is 35.5. The summed E-state index contributed by atoms with van der Waals surface area (Å²) < 4.78 is 94.1. The summed E-state index contributed by atoms with van der Waals surface area (Å²) in [5.74, 6) is -3.87. The molecule has 1 aromatic heterocycles. The maximum atomic E-state index is 13.8. The van der Waals surface area contributed by atoms with Crippen molar-refractivity contribution in [3.05, 3.63) is 46.6 Å². The Kier molecular flexibility index (Phi) is 7.39. The third-order valence-corrected chi connectivity index (χ3v) is 6.85. The predicted molar refractivity (Wildman–Crippen MR) is 116 cm³/mol. The van der Waals surface area contributed by atoms with E-state index in [-0.39, 0.29) is 36.4 Å². The zero-order chi connectivity index (χ0) is 25.3. The van der Waals surface area contributed by atoms with Crippen molar-refractivity contribution in [3.8, 4) is 0 Å². The van der Waals surface area contributed by atoms with Crippen molar-refractivity contribution in [1.29, 1.82) is 0 Å². The Morgan fingerprint density at radius 2 is 1.88 bits per heavy atom. The molecule has 1 aliphatic rings. The zero-order valence-corrected chi connectivity index (χ0v) is 19.3. The first-order valence-corrected chi connectivity index (χ1v) is 11.8.